The first kappa shape index (κ1) is 14.1. The molecular formula is C12H13F3N2O. The molecule has 3 nitrogen and oxygen atoms in total. The van der Waals surface area contributed by atoms with E-state index in [0.29, 0.717) is 0 Å². The van der Waals surface area contributed by atoms with Crippen molar-refractivity contribution in [3.05, 3.63) is 42.0 Å². The Morgan fingerprint density at radius 2 is 2.06 bits per heavy atom. The van der Waals surface area contributed by atoms with Crippen LogP contribution in [0, 0.1) is 0 Å². The fourth-order valence-electron chi connectivity index (χ4n) is 1.18. The molecule has 0 aromatic heterocycles. The number of carbonyl (C=O) groups excluding carboxylic acids is 1. The van der Waals surface area contributed by atoms with Crippen LogP contribution in [0.25, 0.3) is 0 Å². The van der Waals surface area contributed by atoms with Gasteiger partial charge in [0.05, 0.1) is 5.56 Å². The maximum Gasteiger partial charge on any atom is 0.416 e. The van der Waals surface area contributed by atoms with Gasteiger partial charge in [-0.05, 0) is 25.1 Å². The lowest BCUT2D eigenvalue weighted by Gasteiger charge is -2.10. The van der Waals surface area contributed by atoms with Crippen molar-refractivity contribution in [2.45, 2.75) is 13.1 Å². The van der Waals surface area contributed by atoms with Crippen molar-refractivity contribution in [2.75, 3.05) is 11.9 Å². The molecule has 0 spiro atoms. The van der Waals surface area contributed by atoms with Crippen molar-refractivity contribution < 1.29 is 18.0 Å². The lowest BCUT2D eigenvalue weighted by molar-refractivity contribution is -0.137. The molecule has 0 fully saturated rings. The van der Waals surface area contributed by atoms with Crippen LogP contribution < -0.4 is 10.6 Å². The van der Waals surface area contributed by atoms with Crippen LogP contribution in [0.15, 0.2) is 36.4 Å². The average Bonchev–Trinajstić information content (AvgIpc) is 2.25. The molecule has 1 aromatic carbocycles. The summed E-state index contributed by atoms with van der Waals surface area (Å²) in [5.74, 6) is 0. The molecule has 0 bridgehead atoms. The van der Waals surface area contributed by atoms with Crippen molar-refractivity contribution in [3.8, 4) is 0 Å². The molecule has 2 N–H and O–H groups in total. The maximum absolute atomic E-state index is 12.4. The summed E-state index contributed by atoms with van der Waals surface area (Å²) in [5, 5.41) is 4.78. The number of nitrogens with one attached hydrogen (secondary N) is 2. The van der Waals surface area contributed by atoms with Gasteiger partial charge in [0, 0.05) is 12.2 Å². The molecule has 0 heterocycles. The van der Waals surface area contributed by atoms with E-state index in [2.05, 4.69) is 17.2 Å². The van der Waals surface area contributed by atoms with E-state index >= 15 is 0 Å². The minimum absolute atomic E-state index is 0.0871. The Hall–Kier alpha value is -1.98. The number of urea groups is 1. The predicted octanol–water partition coefficient (Wildman–Crippen LogP) is 3.40. The zero-order valence-corrected chi connectivity index (χ0v) is 9.77. The molecule has 0 unspecified atom stereocenters. The molecule has 0 radical (unpaired) electrons. The Balaban J connectivity index is 2.68. The van der Waals surface area contributed by atoms with Crippen LogP contribution in [0.2, 0.25) is 0 Å². The van der Waals surface area contributed by atoms with Gasteiger partial charge in [0.15, 0.2) is 0 Å². The number of alkyl halides is 3. The fraction of sp³-hybridized carbons (Fsp3) is 0.250. The van der Waals surface area contributed by atoms with Crippen LogP contribution in [0.4, 0.5) is 23.7 Å². The van der Waals surface area contributed by atoms with Gasteiger partial charge in [-0.15, -0.1) is 0 Å². The van der Waals surface area contributed by atoms with Gasteiger partial charge in [-0.25, -0.2) is 4.79 Å². The number of hydrogen-bond donors (Lipinski definition) is 2. The molecular weight excluding hydrogens is 245 g/mol. The molecule has 1 rings (SSSR count). The Kier molecular flexibility index (Phi) is 4.36. The van der Waals surface area contributed by atoms with Crippen LogP contribution in [-0.4, -0.2) is 12.6 Å². The Bertz CT molecular complexity index is 455. The van der Waals surface area contributed by atoms with Crippen molar-refractivity contribution in [1.29, 1.82) is 0 Å². The van der Waals surface area contributed by atoms with Gasteiger partial charge >= 0.3 is 12.2 Å². The lowest BCUT2D eigenvalue weighted by atomic mass is 10.2. The third kappa shape index (κ3) is 4.48. The number of halogens is 3. The average molecular weight is 258 g/mol. The highest BCUT2D eigenvalue weighted by Gasteiger charge is 2.30. The molecule has 1 aromatic rings. The third-order valence-electron chi connectivity index (χ3n) is 2.00. The molecule has 0 atom stereocenters. The number of amides is 2. The highest BCUT2D eigenvalue weighted by atomic mass is 19.4. The Morgan fingerprint density at radius 1 is 1.39 bits per heavy atom. The second-order valence-corrected chi connectivity index (χ2v) is 3.84. The van der Waals surface area contributed by atoms with Gasteiger partial charge in [0.1, 0.15) is 0 Å². The van der Waals surface area contributed by atoms with Crippen molar-refractivity contribution in [1.82, 2.24) is 5.32 Å². The van der Waals surface area contributed by atoms with Crippen LogP contribution in [0.3, 0.4) is 0 Å². The summed E-state index contributed by atoms with van der Waals surface area (Å²) < 4.78 is 37.3. The molecule has 0 aliphatic carbocycles. The van der Waals surface area contributed by atoms with Gasteiger partial charge < -0.3 is 10.6 Å². The van der Waals surface area contributed by atoms with E-state index in [1.165, 1.54) is 12.1 Å². The second kappa shape index (κ2) is 5.57. The van der Waals surface area contributed by atoms with E-state index in [-0.39, 0.29) is 12.2 Å². The highest BCUT2D eigenvalue weighted by Crippen LogP contribution is 2.30. The summed E-state index contributed by atoms with van der Waals surface area (Å²) in [4.78, 5) is 11.3. The second-order valence-electron chi connectivity index (χ2n) is 3.84. The van der Waals surface area contributed by atoms with Gasteiger partial charge in [0.2, 0.25) is 0 Å². The highest BCUT2D eigenvalue weighted by molar-refractivity contribution is 5.89. The van der Waals surface area contributed by atoms with Gasteiger partial charge in [0.25, 0.3) is 0 Å². The molecule has 98 valence electrons. The van der Waals surface area contributed by atoms with E-state index in [1.54, 1.807) is 6.92 Å². The summed E-state index contributed by atoms with van der Waals surface area (Å²) in [5.41, 5.74) is 0.0263. The molecule has 0 saturated heterocycles. The van der Waals surface area contributed by atoms with E-state index < -0.39 is 17.8 Å². The summed E-state index contributed by atoms with van der Waals surface area (Å²) in [6, 6.07) is 3.86. The summed E-state index contributed by atoms with van der Waals surface area (Å²) in [6.45, 7) is 5.58. The topological polar surface area (TPSA) is 41.1 Å². The molecule has 0 saturated carbocycles. The largest absolute Gasteiger partial charge is 0.416 e. The number of hydrogen-bond acceptors (Lipinski definition) is 1. The first-order valence-electron chi connectivity index (χ1n) is 5.15. The van der Waals surface area contributed by atoms with E-state index in [4.69, 9.17) is 0 Å². The predicted molar refractivity (Wildman–Crippen MR) is 63.3 cm³/mol. The number of anilines is 1. The van der Waals surface area contributed by atoms with Crippen molar-refractivity contribution >= 4 is 11.7 Å². The standard InChI is InChI=1S/C12H13F3N2O/c1-8(2)7-16-11(18)17-10-5-3-4-9(6-10)12(13,14)15/h3-6H,1,7H2,2H3,(H2,16,17,18). The Labute approximate surface area is 103 Å². The number of benzene rings is 1. The first-order valence-corrected chi connectivity index (χ1v) is 5.15. The zero-order chi connectivity index (χ0) is 13.8. The third-order valence-corrected chi connectivity index (χ3v) is 2.00. The monoisotopic (exact) mass is 258 g/mol. The number of carbonyl (C=O) groups is 1. The minimum atomic E-state index is -4.42. The van der Waals surface area contributed by atoms with Crippen molar-refractivity contribution in [3.63, 3.8) is 0 Å². The van der Waals surface area contributed by atoms with Crippen LogP contribution in [0.5, 0.6) is 0 Å². The minimum Gasteiger partial charge on any atom is -0.334 e. The van der Waals surface area contributed by atoms with E-state index in [9.17, 15) is 18.0 Å². The van der Waals surface area contributed by atoms with E-state index in [1.807, 2.05) is 0 Å². The maximum atomic E-state index is 12.4. The van der Waals surface area contributed by atoms with Crippen LogP contribution in [0.1, 0.15) is 12.5 Å². The smallest absolute Gasteiger partial charge is 0.334 e. The van der Waals surface area contributed by atoms with Crippen LogP contribution >= 0.6 is 0 Å². The van der Waals surface area contributed by atoms with Crippen molar-refractivity contribution in [2.24, 2.45) is 0 Å². The summed E-state index contributed by atoms with van der Waals surface area (Å²) in [6.07, 6.45) is -4.42. The molecule has 0 aliphatic rings. The zero-order valence-electron chi connectivity index (χ0n) is 9.77. The molecule has 18 heavy (non-hydrogen) atoms. The summed E-state index contributed by atoms with van der Waals surface area (Å²) in [7, 11) is 0. The lowest BCUT2D eigenvalue weighted by Crippen LogP contribution is -2.29. The van der Waals surface area contributed by atoms with Crippen LogP contribution in [-0.2, 0) is 6.18 Å². The summed E-state index contributed by atoms with van der Waals surface area (Å²) >= 11 is 0. The molecule has 2 amide bonds. The number of rotatable bonds is 3. The van der Waals surface area contributed by atoms with Gasteiger partial charge in [-0.2, -0.15) is 13.2 Å². The molecule has 6 heteroatoms. The SMILES string of the molecule is C=C(C)CNC(=O)Nc1cccc(C(F)(F)F)c1. The fourth-order valence-corrected chi connectivity index (χ4v) is 1.18. The van der Waals surface area contributed by atoms with E-state index in [0.717, 1.165) is 17.7 Å². The Morgan fingerprint density at radius 3 is 2.61 bits per heavy atom. The van der Waals surface area contributed by atoms with Gasteiger partial charge in [-0.3, -0.25) is 0 Å². The van der Waals surface area contributed by atoms with Gasteiger partial charge in [-0.1, -0.05) is 18.2 Å². The first-order chi connectivity index (χ1) is 8.29. The normalized spacial score (nSPS) is 10.9. The quantitative estimate of drug-likeness (QED) is 0.801. The molecule has 0 aliphatic heterocycles.